The molecule has 0 radical (unpaired) electrons. The van der Waals surface area contributed by atoms with Crippen molar-refractivity contribution in [3.63, 3.8) is 0 Å². The molecule has 2 aromatic heterocycles. The summed E-state index contributed by atoms with van der Waals surface area (Å²) in [6.45, 7) is 5.33. The average Bonchev–Trinajstić information content (AvgIpc) is 3.37. The Morgan fingerprint density at radius 1 is 1.24 bits per heavy atom. The second-order valence-electron chi connectivity index (χ2n) is 6.51. The van der Waals surface area contributed by atoms with Crippen LogP contribution < -0.4 is 15.5 Å². The Bertz CT molecular complexity index is 971. The van der Waals surface area contributed by atoms with Gasteiger partial charge in [0.05, 0.1) is 30.7 Å². The lowest BCUT2D eigenvalue weighted by molar-refractivity contribution is 0.136. The third-order valence-electron chi connectivity index (χ3n) is 4.55. The van der Waals surface area contributed by atoms with E-state index in [1.54, 1.807) is 17.3 Å². The molecular formula is C20H23N7O2. The molecule has 2 N–H and O–H groups in total. The first-order valence-electron chi connectivity index (χ1n) is 9.59. The summed E-state index contributed by atoms with van der Waals surface area (Å²) in [5.74, 6) is 0.495. The minimum atomic E-state index is -0.0620. The number of aromatic nitrogens is 4. The highest BCUT2D eigenvalue weighted by Crippen LogP contribution is 2.24. The molecule has 0 spiro atoms. The number of urea groups is 1. The lowest BCUT2D eigenvalue weighted by Crippen LogP contribution is -2.27. The highest BCUT2D eigenvalue weighted by molar-refractivity contribution is 5.94. The zero-order chi connectivity index (χ0) is 20.1. The molecule has 1 fully saturated rings. The monoisotopic (exact) mass is 393 g/mol. The Labute approximate surface area is 168 Å². The van der Waals surface area contributed by atoms with Crippen LogP contribution in [0.3, 0.4) is 0 Å². The van der Waals surface area contributed by atoms with Crippen LogP contribution >= 0.6 is 0 Å². The van der Waals surface area contributed by atoms with E-state index in [1.165, 1.54) is 0 Å². The molecule has 9 heteroatoms. The van der Waals surface area contributed by atoms with E-state index in [-0.39, 0.29) is 6.03 Å². The van der Waals surface area contributed by atoms with Crippen LogP contribution in [0.4, 0.5) is 22.1 Å². The molecule has 2 amide bonds. The summed E-state index contributed by atoms with van der Waals surface area (Å²) in [5, 5.41) is 10.3. The summed E-state index contributed by atoms with van der Waals surface area (Å²) < 4.78 is 7.16. The second-order valence-corrected chi connectivity index (χ2v) is 6.51. The fourth-order valence-corrected chi connectivity index (χ4v) is 3.09. The van der Waals surface area contributed by atoms with Crippen molar-refractivity contribution in [2.24, 2.45) is 0 Å². The van der Waals surface area contributed by atoms with Gasteiger partial charge in [-0.25, -0.2) is 14.8 Å². The molecule has 1 aromatic carbocycles. The number of hydrogen-bond acceptors (Lipinski definition) is 6. The maximum atomic E-state index is 11.8. The number of carbonyl (C=O) groups is 1. The Morgan fingerprint density at radius 3 is 2.86 bits per heavy atom. The molecule has 0 aliphatic carbocycles. The molecule has 0 unspecified atom stereocenters. The van der Waals surface area contributed by atoms with E-state index < -0.39 is 0 Å². The summed E-state index contributed by atoms with van der Waals surface area (Å²) in [6.07, 6.45) is 5.34. The predicted octanol–water partition coefficient (Wildman–Crippen LogP) is 2.65. The van der Waals surface area contributed by atoms with Gasteiger partial charge in [0.15, 0.2) is 0 Å². The third-order valence-corrected chi connectivity index (χ3v) is 4.55. The zero-order valence-corrected chi connectivity index (χ0v) is 16.2. The minimum absolute atomic E-state index is 0.0620. The van der Waals surface area contributed by atoms with E-state index in [4.69, 9.17) is 4.74 Å². The molecule has 3 heterocycles. The van der Waals surface area contributed by atoms with Crippen molar-refractivity contribution in [1.82, 2.24) is 25.1 Å². The molecule has 29 heavy (non-hydrogen) atoms. The normalized spacial score (nSPS) is 13.6. The van der Waals surface area contributed by atoms with Crippen LogP contribution in [0.25, 0.3) is 11.3 Å². The van der Waals surface area contributed by atoms with Gasteiger partial charge in [0.25, 0.3) is 0 Å². The fourth-order valence-electron chi connectivity index (χ4n) is 3.09. The van der Waals surface area contributed by atoms with Crippen LogP contribution in [0.5, 0.6) is 0 Å². The lowest BCUT2D eigenvalue weighted by atomic mass is 10.1. The number of amides is 2. The second kappa shape index (κ2) is 8.70. The highest BCUT2D eigenvalue weighted by atomic mass is 16.5. The van der Waals surface area contributed by atoms with Crippen molar-refractivity contribution in [1.29, 1.82) is 0 Å². The maximum Gasteiger partial charge on any atom is 0.321 e. The number of nitrogens with one attached hydrogen (secondary N) is 2. The van der Waals surface area contributed by atoms with Gasteiger partial charge in [0.2, 0.25) is 5.95 Å². The van der Waals surface area contributed by atoms with Crippen LogP contribution in [0.1, 0.15) is 6.92 Å². The molecule has 0 atom stereocenters. The molecular weight excluding hydrogens is 370 g/mol. The van der Waals surface area contributed by atoms with Gasteiger partial charge < -0.3 is 15.4 Å². The number of benzene rings is 1. The topological polar surface area (TPSA) is 97.2 Å². The van der Waals surface area contributed by atoms with Crippen LogP contribution in [0.15, 0.2) is 48.9 Å². The first-order valence-corrected chi connectivity index (χ1v) is 9.59. The standard InChI is InChI=1S/C20H23N7O2/c1-2-29-12-11-26-14-16(13-23-26)24-19-21-8-7-18(25-19)15-3-5-17(6-4-15)27-10-9-22-20(27)28/h3-8,13-14H,2,9-12H2,1H3,(H,22,28)(H,21,24,25). The van der Waals surface area contributed by atoms with E-state index in [0.717, 1.165) is 22.6 Å². The van der Waals surface area contributed by atoms with Crippen molar-refractivity contribution in [2.45, 2.75) is 13.5 Å². The molecule has 150 valence electrons. The molecule has 0 saturated carbocycles. The average molecular weight is 393 g/mol. The SMILES string of the molecule is CCOCCn1cc(Nc2nccc(-c3ccc(N4CCNC4=O)cc3)n2)cn1. The van der Waals surface area contributed by atoms with E-state index in [2.05, 4.69) is 25.7 Å². The number of ether oxygens (including phenoxy) is 1. The Kier molecular flexibility index (Phi) is 5.66. The first-order chi connectivity index (χ1) is 14.2. The third kappa shape index (κ3) is 4.52. The van der Waals surface area contributed by atoms with E-state index in [1.807, 2.05) is 48.1 Å². The number of carbonyl (C=O) groups excluding carboxylic acids is 1. The molecule has 1 aliphatic rings. The van der Waals surface area contributed by atoms with Crippen molar-refractivity contribution in [3.05, 3.63) is 48.9 Å². The molecule has 3 aromatic rings. The van der Waals surface area contributed by atoms with Gasteiger partial charge in [-0.3, -0.25) is 9.58 Å². The quantitative estimate of drug-likeness (QED) is 0.571. The van der Waals surface area contributed by atoms with E-state index in [0.29, 0.717) is 38.8 Å². The van der Waals surface area contributed by atoms with Crippen LogP contribution in [-0.2, 0) is 11.3 Å². The smallest absolute Gasteiger partial charge is 0.321 e. The summed E-state index contributed by atoms with van der Waals surface area (Å²) in [4.78, 5) is 22.4. The van der Waals surface area contributed by atoms with Crippen LogP contribution in [-0.4, -0.2) is 52.1 Å². The van der Waals surface area contributed by atoms with Gasteiger partial charge in [-0.05, 0) is 25.1 Å². The number of rotatable bonds is 8. The largest absolute Gasteiger partial charge is 0.380 e. The first kappa shape index (κ1) is 18.9. The van der Waals surface area contributed by atoms with Gasteiger partial charge in [-0.15, -0.1) is 0 Å². The van der Waals surface area contributed by atoms with Crippen LogP contribution in [0, 0.1) is 0 Å². The zero-order valence-electron chi connectivity index (χ0n) is 16.2. The molecule has 4 rings (SSSR count). The molecule has 1 saturated heterocycles. The van der Waals surface area contributed by atoms with Gasteiger partial charge in [-0.2, -0.15) is 5.10 Å². The van der Waals surface area contributed by atoms with Gasteiger partial charge in [-0.1, -0.05) is 12.1 Å². The number of anilines is 3. The van der Waals surface area contributed by atoms with E-state index >= 15 is 0 Å². The molecule has 9 nitrogen and oxygen atoms in total. The maximum absolute atomic E-state index is 11.8. The summed E-state index contributed by atoms with van der Waals surface area (Å²) in [5.41, 5.74) is 3.43. The number of hydrogen-bond donors (Lipinski definition) is 2. The van der Waals surface area contributed by atoms with Crippen molar-refractivity contribution >= 4 is 23.4 Å². The lowest BCUT2D eigenvalue weighted by Gasteiger charge is -2.14. The van der Waals surface area contributed by atoms with Gasteiger partial charge in [0, 0.05) is 43.3 Å². The van der Waals surface area contributed by atoms with Gasteiger partial charge in [0.1, 0.15) is 0 Å². The van der Waals surface area contributed by atoms with E-state index in [9.17, 15) is 4.79 Å². The number of nitrogens with zero attached hydrogens (tertiary/aromatic N) is 5. The Morgan fingerprint density at radius 2 is 2.10 bits per heavy atom. The Hall–Kier alpha value is -3.46. The van der Waals surface area contributed by atoms with Gasteiger partial charge >= 0.3 is 6.03 Å². The van der Waals surface area contributed by atoms with Crippen molar-refractivity contribution in [2.75, 3.05) is 36.5 Å². The highest BCUT2D eigenvalue weighted by Gasteiger charge is 2.20. The van der Waals surface area contributed by atoms with Crippen molar-refractivity contribution in [3.8, 4) is 11.3 Å². The van der Waals surface area contributed by atoms with Crippen molar-refractivity contribution < 1.29 is 9.53 Å². The summed E-state index contributed by atoms with van der Waals surface area (Å²) in [6, 6.07) is 9.56. The fraction of sp³-hybridized carbons (Fsp3) is 0.300. The summed E-state index contributed by atoms with van der Waals surface area (Å²) >= 11 is 0. The minimum Gasteiger partial charge on any atom is -0.380 e. The summed E-state index contributed by atoms with van der Waals surface area (Å²) in [7, 11) is 0. The predicted molar refractivity (Wildman–Crippen MR) is 110 cm³/mol. The Balaban J connectivity index is 1.44. The van der Waals surface area contributed by atoms with Crippen LogP contribution in [0.2, 0.25) is 0 Å². The molecule has 1 aliphatic heterocycles. The molecule has 0 bridgehead atoms.